The van der Waals surface area contributed by atoms with Crippen LogP contribution >= 0.6 is 0 Å². The highest BCUT2D eigenvalue weighted by molar-refractivity contribution is 5.01. The molecule has 1 nitrogen and oxygen atoms in total. The van der Waals surface area contributed by atoms with Crippen LogP contribution in [0.3, 0.4) is 0 Å². The molecule has 0 unspecified atom stereocenters. The van der Waals surface area contributed by atoms with Crippen molar-refractivity contribution in [3.8, 4) is 0 Å². The third-order valence-corrected chi connectivity index (χ3v) is 5.15. The number of hydrogen-bond donors (Lipinski definition) is 1. The van der Waals surface area contributed by atoms with Crippen molar-refractivity contribution in [2.45, 2.75) is 89.5 Å². The third kappa shape index (κ3) is 5.69. The molecule has 2 aliphatic rings. The molecule has 2 fully saturated rings. The van der Waals surface area contributed by atoms with Gasteiger partial charge in [-0.15, -0.1) is 0 Å². The lowest BCUT2D eigenvalue weighted by atomic mass is 9.82. The maximum absolute atomic E-state index is 4.35. The molecule has 0 bridgehead atoms. The Morgan fingerprint density at radius 1 is 0.842 bits per heavy atom. The number of allylic oxidation sites excluding steroid dienone is 1. The molecule has 0 radical (unpaired) electrons. The van der Waals surface area contributed by atoms with Crippen molar-refractivity contribution in [3.63, 3.8) is 0 Å². The molecular formula is C18H33N. The van der Waals surface area contributed by atoms with E-state index in [0.717, 1.165) is 12.0 Å². The van der Waals surface area contributed by atoms with Gasteiger partial charge in [0.15, 0.2) is 0 Å². The summed E-state index contributed by atoms with van der Waals surface area (Å²) in [5.41, 5.74) is 1.55. The standard InChI is InChI=1S/C18H33N/c1-16(17-11-4-2-5-12-17)10-8-9-15-19-18-13-6-3-7-14-18/h17-19H,1-15H2. The zero-order valence-electron chi connectivity index (χ0n) is 12.8. The second-order valence-corrected chi connectivity index (χ2v) is 6.74. The molecule has 0 aliphatic heterocycles. The monoisotopic (exact) mass is 263 g/mol. The fourth-order valence-corrected chi connectivity index (χ4v) is 3.80. The molecule has 0 saturated heterocycles. The topological polar surface area (TPSA) is 12.0 Å². The number of unbranched alkanes of at least 4 members (excludes halogenated alkanes) is 1. The minimum Gasteiger partial charge on any atom is -0.314 e. The molecule has 19 heavy (non-hydrogen) atoms. The van der Waals surface area contributed by atoms with E-state index in [1.807, 2.05) is 0 Å². The summed E-state index contributed by atoms with van der Waals surface area (Å²) in [5.74, 6) is 0.861. The molecular weight excluding hydrogens is 230 g/mol. The van der Waals surface area contributed by atoms with Crippen molar-refractivity contribution in [1.82, 2.24) is 5.32 Å². The summed E-state index contributed by atoms with van der Waals surface area (Å²) in [4.78, 5) is 0. The van der Waals surface area contributed by atoms with Crippen LogP contribution in [0, 0.1) is 5.92 Å². The van der Waals surface area contributed by atoms with Gasteiger partial charge < -0.3 is 5.32 Å². The molecule has 2 aliphatic carbocycles. The summed E-state index contributed by atoms with van der Waals surface area (Å²) in [6.07, 6.45) is 18.3. The van der Waals surface area contributed by atoms with E-state index in [4.69, 9.17) is 0 Å². The summed E-state index contributed by atoms with van der Waals surface area (Å²) in [5, 5.41) is 3.75. The first-order valence-corrected chi connectivity index (χ1v) is 8.77. The molecule has 0 spiro atoms. The first-order chi connectivity index (χ1) is 9.36. The van der Waals surface area contributed by atoms with Crippen LogP contribution in [0.15, 0.2) is 12.2 Å². The van der Waals surface area contributed by atoms with E-state index >= 15 is 0 Å². The molecule has 2 saturated carbocycles. The van der Waals surface area contributed by atoms with Crippen molar-refractivity contribution < 1.29 is 0 Å². The summed E-state index contributed by atoms with van der Waals surface area (Å²) in [6.45, 7) is 5.57. The van der Waals surface area contributed by atoms with Gasteiger partial charge in [-0.1, -0.05) is 50.7 Å². The number of nitrogens with one attached hydrogen (secondary N) is 1. The molecule has 0 atom stereocenters. The lowest BCUT2D eigenvalue weighted by Gasteiger charge is -2.24. The Morgan fingerprint density at radius 3 is 2.16 bits per heavy atom. The number of rotatable bonds is 7. The van der Waals surface area contributed by atoms with Crippen molar-refractivity contribution in [1.29, 1.82) is 0 Å². The predicted octanol–water partition coefficient (Wildman–Crippen LogP) is 5.22. The summed E-state index contributed by atoms with van der Waals surface area (Å²) in [7, 11) is 0. The smallest absolute Gasteiger partial charge is 0.00670 e. The van der Waals surface area contributed by atoms with Crippen LogP contribution in [0.25, 0.3) is 0 Å². The van der Waals surface area contributed by atoms with Gasteiger partial charge in [0.25, 0.3) is 0 Å². The van der Waals surface area contributed by atoms with Crippen molar-refractivity contribution >= 4 is 0 Å². The second-order valence-electron chi connectivity index (χ2n) is 6.74. The van der Waals surface area contributed by atoms with Gasteiger partial charge in [0.05, 0.1) is 0 Å². The molecule has 0 amide bonds. The van der Waals surface area contributed by atoms with E-state index in [1.165, 1.54) is 90.0 Å². The molecule has 110 valence electrons. The minimum absolute atomic E-state index is 0.829. The second kappa shape index (κ2) is 8.79. The lowest BCUT2D eigenvalue weighted by Crippen LogP contribution is -2.31. The van der Waals surface area contributed by atoms with Gasteiger partial charge in [0, 0.05) is 6.04 Å². The van der Waals surface area contributed by atoms with E-state index in [1.54, 1.807) is 5.57 Å². The fourth-order valence-electron chi connectivity index (χ4n) is 3.80. The van der Waals surface area contributed by atoms with Crippen molar-refractivity contribution in [3.05, 3.63) is 12.2 Å². The fraction of sp³-hybridized carbons (Fsp3) is 0.889. The molecule has 0 aromatic rings. The summed E-state index contributed by atoms with van der Waals surface area (Å²) in [6, 6.07) is 0.829. The zero-order chi connectivity index (χ0) is 13.3. The van der Waals surface area contributed by atoms with E-state index < -0.39 is 0 Å². The first-order valence-electron chi connectivity index (χ1n) is 8.77. The number of hydrogen-bond acceptors (Lipinski definition) is 1. The van der Waals surface area contributed by atoms with Crippen LogP contribution in [0.2, 0.25) is 0 Å². The van der Waals surface area contributed by atoms with E-state index in [-0.39, 0.29) is 0 Å². The maximum atomic E-state index is 4.35. The normalized spacial score (nSPS) is 22.5. The van der Waals surface area contributed by atoms with E-state index in [2.05, 4.69) is 11.9 Å². The van der Waals surface area contributed by atoms with E-state index in [0.29, 0.717) is 0 Å². The summed E-state index contributed by atoms with van der Waals surface area (Å²) >= 11 is 0. The Morgan fingerprint density at radius 2 is 1.47 bits per heavy atom. The molecule has 2 rings (SSSR count). The molecule has 0 aromatic carbocycles. The van der Waals surface area contributed by atoms with Crippen LogP contribution in [0.5, 0.6) is 0 Å². The Labute approximate surface area is 120 Å². The Hall–Kier alpha value is -0.300. The highest BCUT2D eigenvalue weighted by Gasteiger charge is 2.16. The van der Waals surface area contributed by atoms with Crippen LogP contribution in [-0.2, 0) is 0 Å². The van der Waals surface area contributed by atoms with Gasteiger partial charge in [-0.2, -0.15) is 0 Å². The first kappa shape index (κ1) is 15.1. The third-order valence-electron chi connectivity index (χ3n) is 5.15. The van der Waals surface area contributed by atoms with E-state index in [9.17, 15) is 0 Å². The Balaban J connectivity index is 1.47. The minimum atomic E-state index is 0.829. The molecule has 1 heteroatoms. The van der Waals surface area contributed by atoms with Crippen LogP contribution in [0.4, 0.5) is 0 Å². The van der Waals surface area contributed by atoms with Crippen molar-refractivity contribution in [2.75, 3.05) is 6.54 Å². The SMILES string of the molecule is C=C(CCCCNC1CCCCC1)C1CCCCC1. The maximum Gasteiger partial charge on any atom is 0.00670 e. The largest absolute Gasteiger partial charge is 0.314 e. The average molecular weight is 263 g/mol. The Bertz CT molecular complexity index is 246. The summed E-state index contributed by atoms with van der Waals surface area (Å²) < 4.78 is 0. The van der Waals surface area contributed by atoms with Gasteiger partial charge in [0.2, 0.25) is 0 Å². The lowest BCUT2D eigenvalue weighted by molar-refractivity contribution is 0.368. The predicted molar refractivity (Wildman–Crippen MR) is 84.4 cm³/mol. The van der Waals surface area contributed by atoms with Gasteiger partial charge >= 0.3 is 0 Å². The van der Waals surface area contributed by atoms with Gasteiger partial charge in [-0.25, -0.2) is 0 Å². The van der Waals surface area contributed by atoms with Crippen LogP contribution in [-0.4, -0.2) is 12.6 Å². The zero-order valence-corrected chi connectivity index (χ0v) is 12.8. The Kier molecular flexibility index (Phi) is 6.98. The van der Waals surface area contributed by atoms with Gasteiger partial charge in [0.1, 0.15) is 0 Å². The van der Waals surface area contributed by atoms with Crippen LogP contribution < -0.4 is 5.32 Å². The molecule has 0 heterocycles. The van der Waals surface area contributed by atoms with Gasteiger partial charge in [-0.3, -0.25) is 0 Å². The van der Waals surface area contributed by atoms with Crippen LogP contribution in [0.1, 0.15) is 83.5 Å². The highest BCUT2D eigenvalue weighted by Crippen LogP contribution is 2.31. The van der Waals surface area contributed by atoms with Gasteiger partial charge in [-0.05, 0) is 57.4 Å². The average Bonchev–Trinajstić information content (AvgIpc) is 2.49. The molecule has 1 N–H and O–H groups in total. The quantitative estimate of drug-likeness (QED) is 0.491. The van der Waals surface area contributed by atoms with Crippen molar-refractivity contribution in [2.24, 2.45) is 5.92 Å². The molecule has 0 aromatic heterocycles. The highest BCUT2D eigenvalue weighted by atomic mass is 14.9.